The molecule has 2 aromatic rings. The predicted molar refractivity (Wildman–Crippen MR) is 72.6 cm³/mol. The third-order valence-corrected chi connectivity index (χ3v) is 2.62. The van der Waals surface area contributed by atoms with E-state index in [9.17, 15) is 4.39 Å². The van der Waals surface area contributed by atoms with Gasteiger partial charge >= 0.3 is 0 Å². The van der Waals surface area contributed by atoms with Crippen molar-refractivity contribution < 1.29 is 9.13 Å². The number of rotatable bonds is 4. The summed E-state index contributed by atoms with van der Waals surface area (Å²) in [5.74, 6) is 0.637. The number of hydrogen-bond donors (Lipinski definition) is 1. The molecule has 0 saturated heterocycles. The Kier molecular flexibility index (Phi) is 4.15. The topological polar surface area (TPSA) is 34.2 Å². The van der Waals surface area contributed by atoms with Crippen LogP contribution in [0.2, 0.25) is 0 Å². The fraction of sp³-hybridized carbons (Fsp3) is 0.154. The van der Waals surface area contributed by atoms with Crippen LogP contribution in [0.25, 0.3) is 0 Å². The number of benzene rings is 1. The molecule has 5 heteroatoms. The molecule has 1 N–H and O–H groups in total. The van der Waals surface area contributed by atoms with Crippen molar-refractivity contribution in [1.82, 2.24) is 4.98 Å². The summed E-state index contributed by atoms with van der Waals surface area (Å²) in [6.45, 7) is 2.80. The van der Waals surface area contributed by atoms with Gasteiger partial charge < -0.3 is 10.1 Å². The second-order valence-corrected chi connectivity index (χ2v) is 4.56. The minimum absolute atomic E-state index is 0.352. The number of pyridine rings is 1. The van der Waals surface area contributed by atoms with Crippen molar-refractivity contribution in [2.45, 2.75) is 6.92 Å². The van der Waals surface area contributed by atoms with Gasteiger partial charge in [-0.1, -0.05) is 15.9 Å². The molecular weight excluding hydrogens is 299 g/mol. The number of anilines is 1. The van der Waals surface area contributed by atoms with E-state index in [1.807, 2.05) is 13.0 Å². The van der Waals surface area contributed by atoms with Crippen molar-refractivity contribution in [3.8, 4) is 11.5 Å². The third-order valence-electron chi connectivity index (χ3n) is 2.17. The smallest absolute Gasteiger partial charge is 0.147 e. The zero-order valence-electron chi connectivity index (χ0n) is 9.78. The molecule has 1 aromatic heterocycles. The van der Waals surface area contributed by atoms with Gasteiger partial charge in [-0.2, -0.15) is 0 Å². The summed E-state index contributed by atoms with van der Waals surface area (Å²) in [5, 5.41) is 3.13. The summed E-state index contributed by atoms with van der Waals surface area (Å²) in [4.78, 5) is 4.05. The van der Waals surface area contributed by atoms with Crippen LogP contribution in [-0.4, -0.2) is 11.5 Å². The SMILES string of the molecule is CCNc1cncc(Oc2cc(F)cc(Br)c2)c1. The van der Waals surface area contributed by atoms with Crippen LogP contribution in [0.3, 0.4) is 0 Å². The molecule has 0 aliphatic carbocycles. The maximum absolute atomic E-state index is 13.2. The zero-order chi connectivity index (χ0) is 13.0. The van der Waals surface area contributed by atoms with Gasteiger partial charge in [-0.05, 0) is 19.1 Å². The van der Waals surface area contributed by atoms with E-state index in [1.54, 1.807) is 18.5 Å². The molecule has 0 spiro atoms. The molecule has 1 heterocycles. The van der Waals surface area contributed by atoms with Crippen LogP contribution in [0.4, 0.5) is 10.1 Å². The van der Waals surface area contributed by atoms with Crippen LogP contribution < -0.4 is 10.1 Å². The van der Waals surface area contributed by atoms with E-state index >= 15 is 0 Å². The highest BCUT2D eigenvalue weighted by molar-refractivity contribution is 9.10. The Hall–Kier alpha value is -1.62. The number of nitrogens with zero attached hydrogens (tertiary/aromatic N) is 1. The van der Waals surface area contributed by atoms with Gasteiger partial charge in [0, 0.05) is 23.2 Å². The van der Waals surface area contributed by atoms with E-state index in [0.717, 1.165) is 12.2 Å². The van der Waals surface area contributed by atoms with Crippen molar-refractivity contribution >= 4 is 21.6 Å². The molecule has 0 atom stereocenters. The molecular formula is C13H12BrFN2O. The third kappa shape index (κ3) is 3.43. The summed E-state index contributed by atoms with van der Waals surface area (Å²) in [6.07, 6.45) is 3.29. The molecule has 0 saturated carbocycles. The molecule has 0 aliphatic rings. The van der Waals surface area contributed by atoms with E-state index in [2.05, 4.69) is 26.2 Å². The standard InChI is InChI=1S/C13H12BrFN2O/c1-2-17-11-6-13(8-16-7-11)18-12-4-9(14)3-10(15)5-12/h3-8,17H,2H2,1H3. The van der Waals surface area contributed by atoms with Crippen molar-refractivity contribution in [2.75, 3.05) is 11.9 Å². The van der Waals surface area contributed by atoms with Crippen LogP contribution in [0.5, 0.6) is 11.5 Å². The Balaban J connectivity index is 2.20. The molecule has 0 radical (unpaired) electrons. The molecule has 0 aliphatic heterocycles. The highest BCUT2D eigenvalue weighted by Gasteiger charge is 2.03. The molecule has 94 valence electrons. The lowest BCUT2D eigenvalue weighted by atomic mass is 10.3. The summed E-state index contributed by atoms with van der Waals surface area (Å²) in [6, 6.07) is 6.21. The van der Waals surface area contributed by atoms with Gasteiger partial charge in [0.05, 0.1) is 18.1 Å². The van der Waals surface area contributed by atoms with Gasteiger partial charge in [0.25, 0.3) is 0 Å². The van der Waals surface area contributed by atoms with E-state index in [0.29, 0.717) is 16.0 Å². The van der Waals surface area contributed by atoms with Crippen molar-refractivity contribution in [1.29, 1.82) is 0 Å². The normalized spacial score (nSPS) is 10.2. The average molecular weight is 311 g/mol. The lowest BCUT2D eigenvalue weighted by Crippen LogP contribution is -1.97. The summed E-state index contributed by atoms with van der Waals surface area (Å²) >= 11 is 3.22. The first-order valence-corrected chi connectivity index (χ1v) is 6.29. The van der Waals surface area contributed by atoms with Gasteiger partial charge in [0.2, 0.25) is 0 Å². The lowest BCUT2D eigenvalue weighted by Gasteiger charge is -2.08. The number of aromatic nitrogens is 1. The first kappa shape index (κ1) is 12.8. The molecule has 3 nitrogen and oxygen atoms in total. The first-order chi connectivity index (χ1) is 8.67. The van der Waals surface area contributed by atoms with Crippen LogP contribution in [-0.2, 0) is 0 Å². The van der Waals surface area contributed by atoms with Gasteiger partial charge in [-0.15, -0.1) is 0 Å². The maximum atomic E-state index is 13.2. The second-order valence-electron chi connectivity index (χ2n) is 3.65. The summed E-state index contributed by atoms with van der Waals surface area (Å²) < 4.78 is 19.4. The van der Waals surface area contributed by atoms with Gasteiger partial charge in [0.15, 0.2) is 0 Å². The number of nitrogens with one attached hydrogen (secondary N) is 1. The van der Waals surface area contributed by atoms with Gasteiger partial charge in [-0.25, -0.2) is 4.39 Å². The minimum Gasteiger partial charge on any atom is -0.456 e. The van der Waals surface area contributed by atoms with E-state index in [4.69, 9.17) is 4.74 Å². The van der Waals surface area contributed by atoms with Crippen LogP contribution >= 0.6 is 15.9 Å². The summed E-state index contributed by atoms with van der Waals surface area (Å²) in [5.41, 5.74) is 0.866. The van der Waals surface area contributed by atoms with Gasteiger partial charge in [-0.3, -0.25) is 4.98 Å². The van der Waals surface area contributed by atoms with E-state index in [-0.39, 0.29) is 5.82 Å². The van der Waals surface area contributed by atoms with E-state index in [1.165, 1.54) is 12.1 Å². The maximum Gasteiger partial charge on any atom is 0.147 e. The summed E-state index contributed by atoms with van der Waals surface area (Å²) in [7, 11) is 0. The molecule has 2 rings (SSSR count). The van der Waals surface area contributed by atoms with Crippen LogP contribution in [0.15, 0.2) is 41.1 Å². The van der Waals surface area contributed by atoms with Crippen LogP contribution in [0.1, 0.15) is 6.92 Å². The van der Waals surface area contributed by atoms with Gasteiger partial charge in [0.1, 0.15) is 17.3 Å². The lowest BCUT2D eigenvalue weighted by molar-refractivity contribution is 0.474. The largest absolute Gasteiger partial charge is 0.456 e. The molecule has 1 aromatic carbocycles. The Bertz CT molecular complexity index is 528. The average Bonchev–Trinajstić information content (AvgIpc) is 2.28. The first-order valence-electron chi connectivity index (χ1n) is 5.50. The van der Waals surface area contributed by atoms with Crippen LogP contribution in [0, 0.1) is 5.82 Å². The van der Waals surface area contributed by atoms with E-state index < -0.39 is 0 Å². The Morgan fingerprint density at radius 2 is 2.06 bits per heavy atom. The minimum atomic E-state index is -0.352. The monoisotopic (exact) mass is 310 g/mol. The van der Waals surface area contributed by atoms with Crippen molar-refractivity contribution in [2.24, 2.45) is 0 Å². The molecule has 18 heavy (non-hydrogen) atoms. The fourth-order valence-electron chi connectivity index (χ4n) is 1.50. The molecule has 0 bridgehead atoms. The Morgan fingerprint density at radius 3 is 2.78 bits per heavy atom. The fourth-order valence-corrected chi connectivity index (χ4v) is 1.94. The molecule has 0 unspecified atom stereocenters. The molecule has 0 amide bonds. The number of hydrogen-bond acceptors (Lipinski definition) is 3. The highest BCUT2D eigenvalue weighted by atomic mass is 79.9. The number of halogens is 2. The molecule has 0 fully saturated rings. The predicted octanol–water partition coefficient (Wildman–Crippen LogP) is 4.21. The second kappa shape index (κ2) is 5.82. The zero-order valence-corrected chi connectivity index (χ0v) is 11.4. The Labute approximate surface area is 113 Å². The highest BCUT2D eigenvalue weighted by Crippen LogP contribution is 2.26. The van der Waals surface area contributed by atoms with Crippen molar-refractivity contribution in [3.05, 3.63) is 46.9 Å². The quantitative estimate of drug-likeness (QED) is 0.918. The van der Waals surface area contributed by atoms with Crippen molar-refractivity contribution in [3.63, 3.8) is 0 Å². The Morgan fingerprint density at radius 1 is 1.22 bits per heavy atom. The number of ether oxygens (including phenoxy) is 1.